The average Bonchev–Trinajstić information content (AvgIpc) is 2.23. The number of aromatic nitrogens is 1. The van der Waals surface area contributed by atoms with Crippen molar-refractivity contribution >= 4 is 17.9 Å². The zero-order valence-electron chi connectivity index (χ0n) is 8.86. The van der Waals surface area contributed by atoms with Gasteiger partial charge in [-0.05, 0) is 24.1 Å². The highest BCUT2D eigenvalue weighted by Gasteiger charge is 1.96. The molecule has 1 heterocycles. The Balaban J connectivity index is 2.65. The topological polar surface area (TPSA) is 65.2 Å². The summed E-state index contributed by atoms with van der Waals surface area (Å²) in [5.74, 6) is 0.270. The largest absolute Gasteiger partial charge is 0.469 e. The van der Waals surface area contributed by atoms with Gasteiger partial charge in [0.25, 0.3) is 0 Å². The van der Waals surface area contributed by atoms with Crippen LogP contribution < -0.4 is 5.73 Å². The van der Waals surface area contributed by atoms with E-state index >= 15 is 0 Å². The molecule has 80 valence electrons. The van der Waals surface area contributed by atoms with Gasteiger partial charge in [-0.2, -0.15) is 0 Å². The number of hydrogen-bond donors (Lipinski definition) is 1. The number of pyridine rings is 1. The van der Waals surface area contributed by atoms with Crippen molar-refractivity contribution in [1.82, 2.24) is 4.98 Å². The van der Waals surface area contributed by atoms with Crippen molar-refractivity contribution in [2.24, 2.45) is 0 Å². The minimum absolute atomic E-state index is 0.258. The van der Waals surface area contributed by atoms with E-state index in [0.717, 1.165) is 11.1 Å². The molecule has 0 unspecified atom stereocenters. The summed E-state index contributed by atoms with van der Waals surface area (Å²) in [7, 11) is 1.37. The summed E-state index contributed by atoms with van der Waals surface area (Å²) >= 11 is 0. The van der Waals surface area contributed by atoms with E-state index in [-0.39, 0.29) is 12.4 Å². The van der Waals surface area contributed by atoms with E-state index in [2.05, 4.69) is 9.72 Å². The van der Waals surface area contributed by atoms with Crippen LogP contribution in [0.15, 0.2) is 18.3 Å². The van der Waals surface area contributed by atoms with E-state index in [1.165, 1.54) is 7.11 Å². The number of methoxy groups -OCH3 is 1. The van der Waals surface area contributed by atoms with E-state index in [1.807, 2.05) is 19.1 Å². The van der Waals surface area contributed by atoms with Crippen molar-refractivity contribution in [1.29, 1.82) is 0 Å². The molecular formula is C11H14N2O2. The first-order valence-corrected chi connectivity index (χ1v) is 4.59. The molecule has 15 heavy (non-hydrogen) atoms. The number of aryl methyl sites for hydroxylation is 1. The predicted octanol–water partition coefficient (Wildman–Crippen LogP) is 1.55. The highest BCUT2D eigenvalue weighted by atomic mass is 16.5. The maximum atomic E-state index is 10.8. The van der Waals surface area contributed by atoms with Gasteiger partial charge in [0.15, 0.2) is 0 Å². The monoisotopic (exact) mass is 206 g/mol. The van der Waals surface area contributed by atoms with Crippen molar-refractivity contribution in [2.75, 3.05) is 12.8 Å². The molecule has 0 radical (unpaired) electrons. The Labute approximate surface area is 88.8 Å². The van der Waals surface area contributed by atoms with Crippen LogP contribution in [0, 0.1) is 6.92 Å². The van der Waals surface area contributed by atoms with Crippen LogP contribution in [0.2, 0.25) is 0 Å². The molecule has 0 bridgehead atoms. The smallest absolute Gasteiger partial charge is 0.309 e. The molecular weight excluding hydrogens is 192 g/mol. The Hall–Kier alpha value is -1.84. The average molecular weight is 206 g/mol. The molecule has 0 aromatic carbocycles. The van der Waals surface area contributed by atoms with Crippen LogP contribution in [-0.2, 0) is 9.53 Å². The third-order valence-electron chi connectivity index (χ3n) is 1.96. The lowest BCUT2D eigenvalue weighted by atomic mass is 10.2. The first-order chi connectivity index (χ1) is 7.13. The molecule has 0 fully saturated rings. The Bertz CT molecular complexity index is 386. The third kappa shape index (κ3) is 3.42. The second kappa shape index (κ2) is 5.14. The van der Waals surface area contributed by atoms with Crippen molar-refractivity contribution in [3.8, 4) is 0 Å². The molecule has 1 rings (SSSR count). The van der Waals surface area contributed by atoms with Crippen LogP contribution in [0.3, 0.4) is 0 Å². The molecule has 0 aliphatic carbocycles. The fourth-order valence-corrected chi connectivity index (χ4v) is 1.07. The second-order valence-electron chi connectivity index (χ2n) is 3.15. The van der Waals surface area contributed by atoms with Crippen LogP contribution in [0.4, 0.5) is 5.82 Å². The maximum Gasteiger partial charge on any atom is 0.309 e. The molecule has 0 aliphatic heterocycles. The van der Waals surface area contributed by atoms with Crippen LogP contribution in [-0.4, -0.2) is 18.1 Å². The summed E-state index contributed by atoms with van der Waals surface area (Å²) in [6, 6.07) is 1.91. The van der Waals surface area contributed by atoms with Gasteiger partial charge in [0, 0.05) is 6.20 Å². The molecule has 1 aromatic rings. The van der Waals surface area contributed by atoms with E-state index in [1.54, 1.807) is 12.3 Å². The quantitative estimate of drug-likeness (QED) is 0.762. The van der Waals surface area contributed by atoms with Gasteiger partial charge in [-0.25, -0.2) is 4.98 Å². The highest BCUT2D eigenvalue weighted by Crippen LogP contribution is 2.10. The lowest BCUT2D eigenvalue weighted by Crippen LogP contribution is -1.97. The van der Waals surface area contributed by atoms with Crippen LogP contribution in [0.25, 0.3) is 6.08 Å². The fourth-order valence-electron chi connectivity index (χ4n) is 1.07. The van der Waals surface area contributed by atoms with Crippen LogP contribution >= 0.6 is 0 Å². The summed E-state index contributed by atoms with van der Waals surface area (Å²) in [5.41, 5.74) is 7.43. The van der Waals surface area contributed by atoms with Crippen molar-refractivity contribution in [2.45, 2.75) is 13.3 Å². The van der Waals surface area contributed by atoms with Gasteiger partial charge < -0.3 is 10.5 Å². The van der Waals surface area contributed by atoms with Crippen molar-refractivity contribution in [3.63, 3.8) is 0 Å². The number of ether oxygens (including phenoxy) is 1. The van der Waals surface area contributed by atoms with Gasteiger partial charge >= 0.3 is 5.97 Å². The zero-order chi connectivity index (χ0) is 11.3. The molecule has 4 nitrogen and oxygen atoms in total. The van der Waals surface area contributed by atoms with Gasteiger partial charge in [0.2, 0.25) is 0 Å². The molecule has 4 heteroatoms. The van der Waals surface area contributed by atoms with E-state index in [9.17, 15) is 4.79 Å². The van der Waals surface area contributed by atoms with Gasteiger partial charge in [-0.15, -0.1) is 0 Å². The van der Waals surface area contributed by atoms with E-state index < -0.39 is 0 Å². The first-order valence-electron chi connectivity index (χ1n) is 4.59. The number of rotatable bonds is 3. The summed E-state index contributed by atoms with van der Waals surface area (Å²) < 4.78 is 4.51. The number of esters is 1. The number of hydrogen-bond acceptors (Lipinski definition) is 4. The molecule has 0 saturated heterocycles. The summed E-state index contributed by atoms with van der Waals surface area (Å²) in [6.07, 6.45) is 5.48. The SMILES string of the molecule is COC(=O)CC=Cc1cnc(N)c(C)c1. The molecule has 1 aromatic heterocycles. The number of nitrogens with zero attached hydrogens (tertiary/aromatic N) is 1. The lowest BCUT2D eigenvalue weighted by Gasteiger charge is -1.99. The summed E-state index contributed by atoms with van der Waals surface area (Å²) in [4.78, 5) is 14.8. The van der Waals surface area contributed by atoms with Gasteiger partial charge in [-0.3, -0.25) is 4.79 Å². The molecule has 0 aliphatic rings. The summed E-state index contributed by atoms with van der Waals surface area (Å²) in [6.45, 7) is 1.89. The van der Waals surface area contributed by atoms with Crippen LogP contribution in [0.5, 0.6) is 0 Å². The zero-order valence-corrected chi connectivity index (χ0v) is 8.86. The lowest BCUT2D eigenvalue weighted by molar-refractivity contribution is -0.139. The molecule has 0 amide bonds. The normalized spacial score (nSPS) is 10.5. The Kier molecular flexibility index (Phi) is 3.85. The first kappa shape index (κ1) is 11.2. The van der Waals surface area contributed by atoms with Crippen LogP contribution in [0.1, 0.15) is 17.5 Å². The fraction of sp³-hybridized carbons (Fsp3) is 0.273. The number of carbonyl (C=O) groups excluding carboxylic acids is 1. The maximum absolute atomic E-state index is 10.8. The molecule has 0 atom stereocenters. The van der Waals surface area contributed by atoms with E-state index in [0.29, 0.717) is 5.82 Å². The number of anilines is 1. The van der Waals surface area contributed by atoms with Gasteiger partial charge in [-0.1, -0.05) is 12.2 Å². The third-order valence-corrected chi connectivity index (χ3v) is 1.96. The van der Waals surface area contributed by atoms with Crippen molar-refractivity contribution < 1.29 is 9.53 Å². The van der Waals surface area contributed by atoms with Gasteiger partial charge in [0.1, 0.15) is 5.82 Å². The standard InChI is InChI=1S/C11H14N2O2/c1-8-6-9(7-13-11(8)12)4-3-5-10(14)15-2/h3-4,6-7H,5H2,1-2H3,(H2,12,13). The molecule has 0 spiro atoms. The van der Waals surface area contributed by atoms with Crippen molar-refractivity contribution in [3.05, 3.63) is 29.5 Å². The number of nitrogen functional groups attached to an aromatic ring is 1. The Morgan fingerprint density at radius 1 is 1.67 bits per heavy atom. The summed E-state index contributed by atoms with van der Waals surface area (Å²) in [5, 5.41) is 0. The second-order valence-corrected chi connectivity index (χ2v) is 3.15. The van der Waals surface area contributed by atoms with Gasteiger partial charge in [0.05, 0.1) is 13.5 Å². The Morgan fingerprint density at radius 3 is 3.00 bits per heavy atom. The van der Waals surface area contributed by atoms with E-state index in [4.69, 9.17) is 5.73 Å². The molecule has 2 N–H and O–H groups in total. The number of carbonyl (C=O) groups is 1. The highest BCUT2D eigenvalue weighted by molar-refractivity contribution is 5.72. The Morgan fingerprint density at radius 2 is 2.40 bits per heavy atom. The minimum atomic E-state index is -0.258. The number of nitrogens with two attached hydrogens (primary N) is 1. The molecule has 0 saturated carbocycles. The minimum Gasteiger partial charge on any atom is -0.469 e. The predicted molar refractivity (Wildman–Crippen MR) is 59.1 cm³/mol.